The summed E-state index contributed by atoms with van der Waals surface area (Å²) in [5, 5.41) is 0. The molecule has 1 nitrogen and oxygen atoms in total. The van der Waals surface area contributed by atoms with Crippen LogP contribution >= 0.6 is 0 Å². The van der Waals surface area contributed by atoms with Gasteiger partial charge in [-0.15, -0.1) is 0 Å². The van der Waals surface area contributed by atoms with E-state index in [-0.39, 0.29) is 0 Å². The molecule has 1 aliphatic carbocycles. The van der Waals surface area contributed by atoms with Gasteiger partial charge in [-0.25, -0.2) is 4.39 Å². The van der Waals surface area contributed by atoms with E-state index in [2.05, 4.69) is 4.90 Å². The molecule has 1 heterocycles. The first-order valence-electron chi connectivity index (χ1n) is 4.74. The molecule has 2 fully saturated rings. The molecule has 0 aromatic heterocycles. The maximum absolute atomic E-state index is 12.8. The lowest BCUT2D eigenvalue weighted by Gasteiger charge is -2.22. The summed E-state index contributed by atoms with van der Waals surface area (Å²) in [5.74, 6) is 0. The molecule has 1 saturated heterocycles. The Hall–Kier alpha value is -0.110. The molecule has 0 aromatic rings. The zero-order valence-electron chi connectivity index (χ0n) is 6.93. The first-order chi connectivity index (χ1) is 5.36. The molecule has 64 valence electrons. The van der Waals surface area contributed by atoms with Crippen LogP contribution in [0.25, 0.3) is 0 Å². The third kappa shape index (κ3) is 1.56. The van der Waals surface area contributed by atoms with Gasteiger partial charge in [0.05, 0.1) is 0 Å². The summed E-state index contributed by atoms with van der Waals surface area (Å²) in [6.45, 7) is 1.72. The predicted molar refractivity (Wildman–Crippen MR) is 43.3 cm³/mol. The van der Waals surface area contributed by atoms with E-state index >= 15 is 0 Å². The van der Waals surface area contributed by atoms with E-state index < -0.39 is 6.17 Å². The van der Waals surface area contributed by atoms with Crippen molar-refractivity contribution < 1.29 is 4.39 Å². The Morgan fingerprint density at radius 3 is 2.36 bits per heavy atom. The SMILES string of the molecule is FC1CCN(C2CCCC2)C1. The zero-order valence-corrected chi connectivity index (χ0v) is 6.93. The molecule has 2 heteroatoms. The molecule has 1 aliphatic heterocycles. The fraction of sp³-hybridized carbons (Fsp3) is 1.00. The maximum Gasteiger partial charge on any atom is 0.114 e. The van der Waals surface area contributed by atoms with Crippen LogP contribution in [0.15, 0.2) is 0 Å². The van der Waals surface area contributed by atoms with Crippen LogP contribution in [0.2, 0.25) is 0 Å². The minimum absolute atomic E-state index is 0.532. The van der Waals surface area contributed by atoms with Gasteiger partial charge in [0.15, 0.2) is 0 Å². The van der Waals surface area contributed by atoms with E-state index in [0.29, 0.717) is 6.54 Å². The number of alkyl halides is 1. The molecule has 0 N–H and O–H groups in total. The van der Waals surface area contributed by atoms with Crippen molar-refractivity contribution in [3.8, 4) is 0 Å². The molecule has 11 heavy (non-hydrogen) atoms. The second-order valence-corrected chi connectivity index (χ2v) is 3.82. The Labute approximate surface area is 67.6 Å². The van der Waals surface area contributed by atoms with Gasteiger partial charge in [-0.2, -0.15) is 0 Å². The van der Waals surface area contributed by atoms with E-state index in [1.54, 1.807) is 0 Å². The Bertz CT molecular complexity index is 132. The summed E-state index contributed by atoms with van der Waals surface area (Å²) in [7, 11) is 0. The van der Waals surface area contributed by atoms with Gasteiger partial charge >= 0.3 is 0 Å². The van der Waals surface area contributed by atoms with Crippen molar-refractivity contribution in [2.45, 2.75) is 44.3 Å². The first kappa shape index (κ1) is 7.53. The van der Waals surface area contributed by atoms with Crippen molar-refractivity contribution in [3.63, 3.8) is 0 Å². The highest BCUT2D eigenvalue weighted by molar-refractivity contribution is 4.84. The van der Waals surface area contributed by atoms with E-state index in [9.17, 15) is 4.39 Å². The number of likely N-dealkylation sites (tertiary alicyclic amines) is 1. The van der Waals surface area contributed by atoms with E-state index in [1.807, 2.05) is 0 Å². The third-order valence-corrected chi connectivity index (χ3v) is 3.00. The van der Waals surface area contributed by atoms with Crippen LogP contribution in [0.4, 0.5) is 4.39 Å². The second kappa shape index (κ2) is 3.10. The van der Waals surface area contributed by atoms with Crippen molar-refractivity contribution in [1.82, 2.24) is 4.90 Å². The highest BCUT2D eigenvalue weighted by atomic mass is 19.1. The molecule has 0 aromatic carbocycles. The van der Waals surface area contributed by atoms with Crippen molar-refractivity contribution in [1.29, 1.82) is 0 Å². The van der Waals surface area contributed by atoms with E-state index in [1.165, 1.54) is 25.7 Å². The molecule has 1 atom stereocenters. The summed E-state index contributed by atoms with van der Waals surface area (Å²) >= 11 is 0. The van der Waals surface area contributed by atoms with E-state index in [4.69, 9.17) is 0 Å². The molecule has 2 aliphatic rings. The summed E-state index contributed by atoms with van der Waals surface area (Å²) in [4.78, 5) is 2.34. The fourth-order valence-corrected chi connectivity index (χ4v) is 2.34. The third-order valence-electron chi connectivity index (χ3n) is 3.00. The minimum Gasteiger partial charge on any atom is -0.297 e. The number of halogens is 1. The van der Waals surface area contributed by atoms with Gasteiger partial charge < -0.3 is 0 Å². The van der Waals surface area contributed by atoms with Gasteiger partial charge in [0.1, 0.15) is 6.17 Å². The Balaban J connectivity index is 1.85. The van der Waals surface area contributed by atoms with Crippen LogP contribution in [-0.4, -0.2) is 30.2 Å². The van der Waals surface area contributed by atoms with Gasteiger partial charge in [-0.3, -0.25) is 4.90 Å². The average Bonchev–Trinajstić information content (AvgIpc) is 2.55. The van der Waals surface area contributed by atoms with Gasteiger partial charge in [-0.1, -0.05) is 12.8 Å². The number of rotatable bonds is 1. The van der Waals surface area contributed by atoms with Gasteiger partial charge in [0.25, 0.3) is 0 Å². The highest BCUT2D eigenvalue weighted by Gasteiger charge is 2.29. The first-order valence-corrected chi connectivity index (χ1v) is 4.74. The zero-order chi connectivity index (χ0) is 7.68. The topological polar surface area (TPSA) is 3.24 Å². The lowest BCUT2D eigenvalue weighted by Crippen LogP contribution is -2.31. The van der Waals surface area contributed by atoms with Gasteiger partial charge in [0.2, 0.25) is 0 Å². The number of hydrogen-bond acceptors (Lipinski definition) is 1. The largest absolute Gasteiger partial charge is 0.297 e. The normalized spacial score (nSPS) is 35.2. The van der Waals surface area contributed by atoms with Crippen molar-refractivity contribution in [2.24, 2.45) is 0 Å². The molecule has 2 rings (SSSR count). The lowest BCUT2D eigenvalue weighted by molar-refractivity contribution is 0.223. The highest BCUT2D eigenvalue weighted by Crippen LogP contribution is 2.27. The molecule has 1 unspecified atom stereocenters. The maximum atomic E-state index is 12.8. The van der Waals surface area contributed by atoms with Crippen molar-refractivity contribution in [3.05, 3.63) is 0 Å². The monoisotopic (exact) mass is 157 g/mol. The molecule has 0 spiro atoms. The van der Waals surface area contributed by atoms with Crippen LogP contribution in [0.3, 0.4) is 0 Å². The van der Waals surface area contributed by atoms with Crippen LogP contribution in [-0.2, 0) is 0 Å². The Morgan fingerprint density at radius 1 is 1.09 bits per heavy atom. The smallest absolute Gasteiger partial charge is 0.114 e. The second-order valence-electron chi connectivity index (χ2n) is 3.82. The van der Waals surface area contributed by atoms with Crippen molar-refractivity contribution in [2.75, 3.05) is 13.1 Å². The number of nitrogens with zero attached hydrogens (tertiary/aromatic N) is 1. The quantitative estimate of drug-likeness (QED) is 0.562. The predicted octanol–water partition coefficient (Wildman–Crippen LogP) is 1.97. The van der Waals surface area contributed by atoms with Crippen LogP contribution in [0, 0.1) is 0 Å². The summed E-state index contributed by atoms with van der Waals surface area (Å²) in [6.07, 6.45) is 5.59. The fourth-order valence-electron chi connectivity index (χ4n) is 2.34. The molecular formula is C9H16FN. The lowest BCUT2D eigenvalue weighted by atomic mass is 10.2. The molecule has 0 amide bonds. The molecule has 0 bridgehead atoms. The summed E-state index contributed by atoms with van der Waals surface area (Å²) in [5.41, 5.74) is 0. The molecular weight excluding hydrogens is 141 g/mol. The summed E-state index contributed by atoms with van der Waals surface area (Å²) < 4.78 is 12.8. The number of hydrogen-bond donors (Lipinski definition) is 0. The Kier molecular flexibility index (Phi) is 2.12. The average molecular weight is 157 g/mol. The van der Waals surface area contributed by atoms with E-state index in [0.717, 1.165) is 19.0 Å². The van der Waals surface area contributed by atoms with Crippen LogP contribution in [0.5, 0.6) is 0 Å². The minimum atomic E-state index is -0.532. The molecule has 1 saturated carbocycles. The van der Waals surface area contributed by atoms with Crippen LogP contribution < -0.4 is 0 Å². The summed E-state index contributed by atoms with van der Waals surface area (Å²) in [6, 6.07) is 0.732. The standard InChI is InChI=1S/C9H16FN/c10-8-5-6-11(7-8)9-3-1-2-4-9/h8-9H,1-7H2. The van der Waals surface area contributed by atoms with Crippen LogP contribution in [0.1, 0.15) is 32.1 Å². The van der Waals surface area contributed by atoms with Gasteiger partial charge in [0, 0.05) is 19.1 Å². The van der Waals surface area contributed by atoms with Gasteiger partial charge in [-0.05, 0) is 19.3 Å². The van der Waals surface area contributed by atoms with Crippen molar-refractivity contribution >= 4 is 0 Å². The Morgan fingerprint density at radius 2 is 1.82 bits per heavy atom. The molecule has 0 radical (unpaired) electrons.